The highest BCUT2D eigenvalue weighted by molar-refractivity contribution is 6.30. The lowest BCUT2D eigenvalue weighted by Gasteiger charge is -2.07. The minimum Gasteiger partial charge on any atom is -0.497 e. The van der Waals surface area contributed by atoms with Crippen LogP contribution in [0.25, 0.3) is 6.08 Å². The normalized spacial score (nSPS) is 10.7. The fraction of sp³-hybridized carbons (Fsp3) is 0.111. The van der Waals surface area contributed by atoms with Crippen molar-refractivity contribution in [1.82, 2.24) is 0 Å². The molecule has 2 aromatic rings. The van der Waals surface area contributed by atoms with Gasteiger partial charge in [0.15, 0.2) is 0 Å². The van der Waals surface area contributed by atoms with Gasteiger partial charge >= 0.3 is 0 Å². The van der Waals surface area contributed by atoms with Crippen molar-refractivity contribution in [3.05, 3.63) is 58.6 Å². The van der Waals surface area contributed by atoms with Crippen LogP contribution in [0.15, 0.2) is 48.0 Å². The molecule has 0 bridgehead atoms. The van der Waals surface area contributed by atoms with E-state index in [2.05, 4.69) is 5.32 Å². The van der Waals surface area contributed by atoms with E-state index in [9.17, 15) is 10.1 Å². The van der Waals surface area contributed by atoms with Gasteiger partial charge in [-0.05, 0) is 48.5 Å². The van der Waals surface area contributed by atoms with E-state index in [1.54, 1.807) is 49.6 Å². The third kappa shape index (κ3) is 4.28. The smallest absolute Gasteiger partial charge is 0.266 e. The van der Waals surface area contributed by atoms with Crippen LogP contribution >= 0.6 is 11.6 Å². The topological polar surface area (TPSA) is 71.3 Å². The lowest BCUT2D eigenvalue weighted by atomic mass is 10.1. The molecule has 122 valence electrons. The zero-order valence-corrected chi connectivity index (χ0v) is 13.9. The number of carbonyl (C=O) groups is 1. The van der Waals surface area contributed by atoms with E-state index in [1.807, 2.05) is 6.07 Å². The van der Waals surface area contributed by atoms with Gasteiger partial charge in [0.25, 0.3) is 5.91 Å². The van der Waals surface area contributed by atoms with Crippen LogP contribution in [-0.2, 0) is 4.79 Å². The summed E-state index contributed by atoms with van der Waals surface area (Å²) in [5.74, 6) is 0.668. The van der Waals surface area contributed by atoms with E-state index in [0.29, 0.717) is 27.8 Å². The molecule has 0 aliphatic rings. The van der Waals surface area contributed by atoms with Gasteiger partial charge in [0.1, 0.15) is 23.1 Å². The Kier molecular flexibility index (Phi) is 5.83. The molecule has 5 nitrogen and oxygen atoms in total. The monoisotopic (exact) mass is 342 g/mol. The largest absolute Gasteiger partial charge is 0.497 e. The number of nitrogens with one attached hydrogen (secondary N) is 1. The van der Waals surface area contributed by atoms with Gasteiger partial charge in [-0.3, -0.25) is 4.79 Å². The number of carbonyl (C=O) groups excluding carboxylic acids is 1. The van der Waals surface area contributed by atoms with Gasteiger partial charge in [-0.2, -0.15) is 5.26 Å². The van der Waals surface area contributed by atoms with Crippen LogP contribution in [0.1, 0.15) is 5.56 Å². The highest BCUT2D eigenvalue weighted by atomic mass is 35.5. The van der Waals surface area contributed by atoms with Crippen molar-refractivity contribution >= 4 is 29.3 Å². The molecular formula is C18H15ClN2O3. The summed E-state index contributed by atoms with van der Waals surface area (Å²) in [5, 5.41) is 12.4. The first-order valence-corrected chi connectivity index (χ1v) is 7.36. The minimum absolute atomic E-state index is 0.0635. The summed E-state index contributed by atoms with van der Waals surface area (Å²) in [6.07, 6.45) is 1.43. The maximum atomic E-state index is 12.3. The molecule has 24 heavy (non-hydrogen) atoms. The predicted octanol–water partition coefficient (Wildman–Crippen LogP) is 3.90. The number of nitrogens with zero attached hydrogens (tertiary/aromatic N) is 1. The van der Waals surface area contributed by atoms with Crippen molar-refractivity contribution in [1.29, 1.82) is 5.26 Å². The fourth-order valence-electron chi connectivity index (χ4n) is 1.99. The predicted molar refractivity (Wildman–Crippen MR) is 93.2 cm³/mol. The quantitative estimate of drug-likeness (QED) is 0.660. The van der Waals surface area contributed by atoms with Crippen LogP contribution in [0.4, 0.5) is 5.69 Å². The molecule has 2 rings (SSSR count). The van der Waals surface area contributed by atoms with Crippen molar-refractivity contribution < 1.29 is 14.3 Å². The van der Waals surface area contributed by atoms with Crippen LogP contribution in [0.5, 0.6) is 11.5 Å². The molecule has 0 aliphatic carbocycles. The standard InChI is InChI=1S/C18H15ClN2O3/c1-23-16-6-4-15(5-7-16)21-18(22)13(11-20)9-12-10-14(19)3-8-17(12)24-2/h3-10H,1-2H3,(H,21,22). The van der Waals surface area contributed by atoms with Gasteiger partial charge in [0.05, 0.1) is 14.2 Å². The Morgan fingerprint density at radius 2 is 1.88 bits per heavy atom. The Morgan fingerprint density at radius 3 is 2.46 bits per heavy atom. The molecule has 0 saturated heterocycles. The number of halogens is 1. The maximum absolute atomic E-state index is 12.3. The lowest BCUT2D eigenvalue weighted by Crippen LogP contribution is -2.13. The van der Waals surface area contributed by atoms with Gasteiger partial charge in [0, 0.05) is 16.3 Å². The van der Waals surface area contributed by atoms with Crippen molar-refractivity contribution in [3.63, 3.8) is 0 Å². The van der Waals surface area contributed by atoms with Gasteiger partial charge in [-0.25, -0.2) is 0 Å². The minimum atomic E-state index is -0.523. The summed E-state index contributed by atoms with van der Waals surface area (Å²) in [5.41, 5.74) is 1.04. The Balaban J connectivity index is 2.25. The van der Waals surface area contributed by atoms with E-state index in [0.717, 1.165) is 0 Å². The van der Waals surface area contributed by atoms with Crippen molar-refractivity contribution in [2.45, 2.75) is 0 Å². The highest BCUT2D eigenvalue weighted by Crippen LogP contribution is 2.25. The van der Waals surface area contributed by atoms with Crippen molar-refractivity contribution in [2.24, 2.45) is 0 Å². The summed E-state index contributed by atoms with van der Waals surface area (Å²) in [6.45, 7) is 0. The first kappa shape index (κ1) is 17.4. The number of amides is 1. The maximum Gasteiger partial charge on any atom is 0.266 e. The molecule has 0 unspecified atom stereocenters. The van der Waals surface area contributed by atoms with Gasteiger partial charge in [-0.1, -0.05) is 11.6 Å². The third-order valence-corrected chi connectivity index (χ3v) is 3.44. The fourth-order valence-corrected chi connectivity index (χ4v) is 2.18. The molecule has 0 aromatic heterocycles. The highest BCUT2D eigenvalue weighted by Gasteiger charge is 2.11. The Morgan fingerprint density at radius 1 is 1.17 bits per heavy atom. The van der Waals surface area contributed by atoms with Gasteiger partial charge in [-0.15, -0.1) is 0 Å². The van der Waals surface area contributed by atoms with Gasteiger partial charge in [0.2, 0.25) is 0 Å². The van der Waals surface area contributed by atoms with Crippen molar-refractivity contribution in [2.75, 3.05) is 19.5 Å². The number of nitriles is 1. The zero-order chi connectivity index (χ0) is 17.5. The zero-order valence-electron chi connectivity index (χ0n) is 13.2. The van der Waals surface area contributed by atoms with E-state index in [4.69, 9.17) is 21.1 Å². The van der Waals surface area contributed by atoms with E-state index in [-0.39, 0.29) is 5.57 Å². The Bertz CT molecular complexity index is 808. The number of hydrogen-bond donors (Lipinski definition) is 1. The molecule has 0 fully saturated rings. The SMILES string of the molecule is COc1ccc(NC(=O)C(C#N)=Cc2cc(Cl)ccc2OC)cc1. The van der Waals surface area contributed by atoms with E-state index < -0.39 is 5.91 Å². The summed E-state index contributed by atoms with van der Waals surface area (Å²) in [6, 6.07) is 13.7. The Hall–Kier alpha value is -2.97. The Labute approximate surface area is 145 Å². The molecule has 6 heteroatoms. The second kappa shape index (κ2) is 8.04. The van der Waals surface area contributed by atoms with E-state index >= 15 is 0 Å². The summed E-state index contributed by atoms with van der Waals surface area (Å²) >= 11 is 5.96. The number of hydrogen-bond acceptors (Lipinski definition) is 4. The molecule has 1 N–H and O–H groups in total. The van der Waals surface area contributed by atoms with Crippen LogP contribution in [0.2, 0.25) is 5.02 Å². The van der Waals surface area contributed by atoms with Crippen LogP contribution in [0, 0.1) is 11.3 Å². The van der Waals surface area contributed by atoms with Crippen molar-refractivity contribution in [3.8, 4) is 17.6 Å². The number of methoxy groups -OCH3 is 2. The lowest BCUT2D eigenvalue weighted by molar-refractivity contribution is -0.112. The molecule has 0 heterocycles. The average Bonchev–Trinajstić information content (AvgIpc) is 2.60. The molecule has 0 spiro atoms. The van der Waals surface area contributed by atoms with Crippen LogP contribution in [-0.4, -0.2) is 20.1 Å². The van der Waals surface area contributed by atoms with Crippen LogP contribution in [0.3, 0.4) is 0 Å². The average molecular weight is 343 g/mol. The number of ether oxygens (including phenoxy) is 2. The molecule has 0 atom stereocenters. The number of benzene rings is 2. The molecular weight excluding hydrogens is 328 g/mol. The van der Waals surface area contributed by atoms with E-state index in [1.165, 1.54) is 13.2 Å². The third-order valence-electron chi connectivity index (χ3n) is 3.20. The molecule has 0 radical (unpaired) electrons. The molecule has 0 aliphatic heterocycles. The second-order valence-electron chi connectivity index (χ2n) is 4.74. The molecule has 2 aromatic carbocycles. The number of anilines is 1. The molecule has 1 amide bonds. The van der Waals surface area contributed by atoms with Gasteiger partial charge < -0.3 is 14.8 Å². The summed E-state index contributed by atoms with van der Waals surface area (Å²) in [7, 11) is 3.06. The summed E-state index contributed by atoms with van der Waals surface area (Å²) in [4.78, 5) is 12.3. The summed E-state index contributed by atoms with van der Waals surface area (Å²) < 4.78 is 10.3. The first-order chi connectivity index (χ1) is 11.6. The number of rotatable bonds is 5. The first-order valence-electron chi connectivity index (χ1n) is 6.98. The van der Waals surface area contributed by atoms with Crippen LogP contribution < -0.4 is 14.8 Å². The molecule has 0 saturated carbocycles. The second-order valence-corrected chi connectivity index (χ2v) is 5.18.